The summed E-state index contributed by atoms with van der Waals surface area (Å²) in [4.78, 5) is 0. The average molecular weight is 274 g/mol. The summed E-state index contributed by atoms with van der Waals surface area (Å²) in [6, 6.07) is 0.263. The van der Waals surface area contributed by atoms with Gasteiger partial charge in [-0.25, -0.2) is 0 Å². The number of unbranched alkanes of at least 4 members (excludes halogenated alkanes) is 6. The van der Waals surface area contributed by atoms with E-state index in [1.54, 1.807) is 0 Å². The Kier molecular flexibility index (Phi) is 8.62. The van der Waals surface area contributed by atoms with Crippen molar-refractivity contribution in [1.29, 1.82) is 0 Å². The normalized spacial score (nSPS) is 31.6. The molecular weight excluding hydrogens is 242 g/mol. The largest absolute Gasteiger partial charge is 0.396 e. The molecule has 5 N–H and O–H groups in total. The first-order valence-corrected chi connectivity index (χ1v) is 8.01. The number of piperidine rings is 1. The van der Waals surface area contributed by atoms with Gasteiger partial charge < -0.3 is 20.6 Å². The van der Waals surface area contributed by atoms with E-state index >= 15 is 0 Å². The molecule has 1 rings (SSSR count). The third-order valence-corrected chi connectivity index (χ3v) is 4.41. The fraction of sp³-hybridized carbons (Fsp3) is 1.00. The lowest BCUT2D eigenvalue weighted by Crippen LogP contribution is -2.97. The third kappa shape index (κ3) is 5.78. The second-order valence-corrected chi connectivity index (χ2v) is 5.95. The molecule has 0 aliphatic carbocycles. The maximum absolute atomic E-state index is 9.88. The summed E-state index contributed by atoms with van der Waals surface area (Å²) in [5.74, 6) is -0.177. The summed E-state index contributed by atoms with van der Waals surface area (Å²) in [7, 11) is 0. The van der Waals surface area contributed by atoms with Crippen LogP contribution < -0.4 is 5.32 Å². The van der Waals surface area contributed by atoms with Gasteiger partial charge in [0.25, 0.3) is 0 Å². The highest BCUT2D eigenvalue weighted by atomic mass is 16.3. The summed E-state index contributed by atoms with van der Waals surface area (Å²) < 4.78 is 0. The van der Waals surface area contributed by atoms with Crippen LogP contribution in [0.4, 0.5) is 0 Å². The Morgan fingerprint density at radius 1 is 1.00 bits per heavy atom. The number of hydrogen-bond acceptors (Lipinski definition) is 3. The summed E-state index contributed by atoms with van der Waals surface area (Å²) in [5, 5.41) is 30.9. The molecule has 0 aromatic rings. The molecule has 4 nitrogen and oxygen atoms in total. The Balaban J connectivity index is 2.14. The Labute approximate surface area is 117 Å². The second kappa shape index (κ2) is 9.70. The van der Waals surface area contributed by atoms with E-state index in [4.69, 9.17) is 0 Å². The molecule has 1 heterocycles. The van der Waals surface area contributed by atoms with Crippen molar-refractivity contribution in [3.05, 3.63) is 0 Å². The van der Waals surface area contributed by atoms with Crippen LogP contribution in [0.5, 0.6) is 0 Å². The third-order valence-electron chi connectivity index (χ3n) is 4.41. The van der Waals surface area contributed by atoms with Gasteiger partial charge in [0.15, 0.2) is 0 Å². The van der Waals surface area contributed by atoms with Gasteiger partial charge >= 0.3 is 0 Å². The number of quaternary nitrogens is 1. The summed E-state index contributed by atoms with van der Waals surface area (Å²) >= 11 is 0. The van der Waals surface area contributed by atoms with Gasteiger partial charge in [-0.05, 0) is 12.8 Å². The molecule has 0 amide bonds. The van der Waals surface area contributed by atoms with Crippen molar-refractivity contribution in [3.8, 4) is 0 Å². The van der Waals surface area contributed by atoms with Gasteiger partial charge in [-0.1, -0.05) is 45.4 Å². The van der Waals surface area contributed by atoms with Crippen LogP contribution >= 0.6 is 0 Å². The maximum Gasteiger partial charge on any atom is 0.129 e. The maximum atomic E-state index is 9.88. The molecule has 4 heteroatoms. The molecule has 0 spiro atoms. The zero-order valence-corrected chi connectivity index (χ0v) is 12.3. The first-order chi connectivity index (χ1) is 9.20. The quantitative estimate of drug-likeness (QED) is 0.460. The molecule has 0 aromatic carbocycles. The van der Waals surface area contributed by atoms with E-state index in [2.05, 4.69) is 12.2 Å². The van der Waals surface area contributed by atoms with E-state index in [1.165, 1.54) is 38.5 Å². The number of hydrogen-bond donors (Lipinski definition) is 4. The van der Waals surface area contributed by atoms with Gasteiger partial charge in [0.1, 0.15) is 12.6 Å². The highest BCUT2D eigenvalue weighted by Crippen LogP contribution is 2.18. The minimum Gasteiger partial charge on any atom is -0.396 e. The van der Waals surface area contributed by atoms with E-state index in [-0.39, 0.29) is 18.6 Å². The molecule has 1 fully saturated rings. The Bertz CT molecular complexity index is 225. The van der Waals surface area contributed by atoms with Crippen LogP contribution in [0.2, 0.25) is 0 Å². The van der Waals surface area contributed by atoms with Crippen molar-refractivity contribution < 1.29 is 20.6 Å². The number of aliphatic hydroxyl groups is 3. The van der Waals surface area contributed by atoms with Gasteiger partial charge in [-0.3, -0.25) is 0 Å². The van der Waals surface area contributed by atoms with Crippen LogP contribution in [0.3, 0.4) is 0 Å². The molecule has 0 radical (unpaired) electrons. The minimum absolute atomic E-state index is 0.0319. The molecule has 0 saturated carbocycles. The fourth-order valence-corrected chi connectivity index (χ4v) is 3.08. The van der Waals surface area contributed by atoms with Crippen LogP contribution in [-0.4, -0.2) is 46.7 Å². The van der Waals surface area contributed by atoms with Gasteiger partial charge in [-0.15, -0.1) is 0 Å². The van der Waals surface area contributed by atoms with Crippen molar-refractivity contribution in [2.24, 2.45) is 5.92 Å². The van der Waals surface area contributed by atoms with E-state index in [1.807, 2.05) is 0 Å². The number of nitrogens with two attached hydrogens (primary N) is 1. The first-order valence-electron chi connectivity index (χ1n) is 8.01. The Morgan fingerprint density at radius 2 is 1.63 bits per heavy atom. The molecule has 0 bridgehead atoms. The van der Waals surface area contributed by atoms with E-state index in [9.17, 15) is 15.3 Å². The van der Waals surface area contributed by atoms with E-state index < -0.39 is 12.2 Å². The van der Waals surface area contributed by atoms with Gasteiger partial charge in [0.05, 0.1) is 24.7 Å². The molecule has 1 aliphatic heterocycles. The lowest BCUT2D eigenvalue weighted by Gasteiger charge is -2.35. The zero-order valence-electron chi connectivity index (χ0n) is 12.3. The smallest absolute Gasteiger partial charge is 0.129 e. The van der Waals surface area contributed by atoms with Crippen LogP contribution in [-0.2, 0) is 0 Å². The van der Waals surface area contributed by atoms with Crippen molar-refractivity contribution >= 4 is 0 Å². The SMILES string of the molecule is CCCCCCCCCC1[NH2+]C[C@@H](O)[C@@H](O)C1CO. The van der Waals surface area contributed by atoms with Crippen LogP contribution in [0.25, 0.3) is 0 Å². The molecule has 19 heavy (non-hydrogen) atoms. The standard InChI is InChI=1S/C15H31NO3/c1-2-3-4-5-6-7-8-9-13-12(11-17)15(19)14(18)10-16-13/h12-19H,2-11H2,1H3/p+1/t12?,13?,14-,15+/m1/s1. The number of rotatable bonds is 9. The molecule has 2 unspecified atom stereocenters. The zero-order chi connectivity index (χ0) is 14.1. The molecular formula is C15H32NO3+. The number of aliphatic hydroxyl groups excluding tert-OH is 3. The van der Waals surface area contributed by atoms with Gasteiger partial charge in [0, 0.05) is 0 Å². The van der Waals surface area contributed by atoms with Crippen molar-refractivity contribution in [1.82, 2.24) is 0 Å². The summed E-state index contributed by atoms with van der Waals surface area (Å²) in [5.41, 5.74) is 0. The van der Waals surface area contributed by atoms with Crippen molar-refractivity contribution in [2.75, 3.05) is 13.2 Å². The molecule has 0 aromatic heterocycles. The lowest BCUT2D eigenvalue weighted by molar-refractivity contribution is -0.716. The van der Waals surface area contributed by atoms with Crippen LogP contribution in [0, 0.1) is 5.92 Å². The average Bonchev–Trinajstić information content (AvgIpc) is 2.42. The van der Waals surface area contributed by atoms with Crippen LogP contribution in [0.15, 0.2) is 0 Å². The van der Waals surface area contributed by atoms with Gasteiger partial charge in [0.2, 0.25) is 0 Å². The highest BCUT2D eigenvalue weighted by molar-refractivity contribution is 4.83. The minimum atomic E-state index is -0.760. The monoisotopic (exact) mass is 274 g/mol. The predicted octanol–water partition coefficient (Wildman–Crippen LogP) is 0.403. The lowest BCUT2D eigenvalue weighted by atomic mass is 9.84. The summed E-state index contributed by atoms with van der Waals surface area (Å²) in [6.45, 7) is 2.75. The van der Waals surface area contributed by atoms with Crippen molar-refractivity contribution in [3.63, 3.8) is 0 Å². The summed E-state index contributed by atoms with van der Waals surface area (Å²) in [6.07, 6.45) is 8.57. The second-order valence-electron chi connectivity index (χ2n) is 5.95. The van der Waals surface area contributed by atoms with Gasteiger partial charge in [-0.2, -0.15) is 0 Å². The van der Waals surface area contributed by atoms with Crippen molar-refractivity contribution in [2.45, 2.75) is 76.5 Å². The Morgan fingerprint density at radius 3 is 2.26 bits per heavy atom. The Hall–Kier alpha value is -0.160. The molecule has 1 saturated heterocycles. The molecule has 1 aliphatic rings. The highest BCUT2D eigenvalue weighted by Gasteiger charge is 2.39. The van der Waals surface area contributed by atoms with E-state index in [0.29, 0.717) is 6.54 Å². The van der Waals surface area contributed by atoms with E-state index in [0.717, 1.165) is 12.8 Å². The van der Waals surface area contributed by atoms with Crippen LogP contribution in [0.1, 0.15) is 58.3 Å². The predicted molar refractivity (Wildman–Crippen MR) is 75.8 cm³/mol. The molecule has 4 atom stereocenters. The first kappa shape index (κ1) is 16.9. The fourth-order valence-electron chi connectivity index (χ4n) is 3.08. The molecule has 114 valence electrons. The topological polar surface area (TPSA) is 77.3 Å².